The van der Waals surface area contributed by atoms with E-state index >= 15 is 0 Å². The first kappa shape index (κ1) is 35.3. The van der Waals surface area contributed by atoms with Crippen molar-refractivity contribution in [2.75, 3.05) is 56.4 Å². The molecule has 0 aliphatic heterocycles. The molecular formula is C30H28Br2N6O4Se2. The standard InChI is InChI=1S/C16H14N4O2Se.C14H14Br2N2O2Se/c1-19(2)15(21)13-11-9(7-17)5-6-10(8-18)12(11)14(23-13)16(22)20(3)4;1-17(2)13(19)11-9-7(15)5-6-8(16)10(9)12(21-11)14(20)18(3)4/h5-6H,1-4H3;5-6H,1-4H3. The summed E-state index contributed by atoms with van der Waals surface area (Å²) in [6.07, 6.45) is 0. The van der Waals surface area contributed by atoms with Gasteiger partial charge in [-0.3, -0.25) is 0 Å². The van der Waals surface area contributed by atoms with E-state index in [1.54, 1.807) is 66.2 Å². The zero-order chi connectivity index (χ0) is 33.2. The molecule has 2 aromatic heterocycles. The second-order valence-corrected chi connectivity index (χ2v) is 16.2. The Morgan fingerprint density at radius 2 is 0.773 bits per heavy atom. The molecule has 4 amide bonds. The first-order valence-corrected chi connectivity index (χ1v) is 17.8. The van der Waals surface area contributed by atoms with Gasteiger partial charge in [0.05, 0.1) is 0 Å². The summed E-state index contributed by atoms with van der Waals surface area (Å²) >= 11 is 6.16. The topological polar surface area (TPSA) is 129 Å². The Bertz CT molecular complexity index is 1780. The summed E-state index contributed by atoms with van der Waals surface area (Å²) in [7, 11) is 13.4. The van der Waals surface area contributed by atoms with Gasteiger partial charge in [0.1, 0.15) is 0 Å². The Labute approximate surface area is 284 Å². The van der Waals surface area contributed by atoms with Crippen molar-refractivity contribution in [1.29, 1.82) is 10.5 Å². The molecule has 0 fully saturated rings. The summed E-state index contributed by atoms with van der Waals surface area (Å²) in [6, 6.07) is 11.0. The van der Waals surface area contributed by atoms with Crippen LogP contribution in [0, 0.1) is 22.7 Å². The zero-order valence-corrected chi connectivity index (χ0v) is 31.8. The van der Waals surface area contributed by atoms with E-state index in [-0.39, 0.29) is 38.1 Å². The molecule has 0 bridgehead atoms. The number of hydrogen-bond acceptors (Lipinski definition) is 6. The van der Waals surface area contributed by atoms with Crippen LogP contribution in [0.25, 0.3) is 21.5 Å². The van der Waals surface area contributed by atoms with Gasteiger partial charge in [-0.15, -0.1) is 0 Å². The van der Waals surface area contributed by atoms with Gasteiger partial charge in [0.25, 0.3) is 0 Å². The molecule has 14 heteroatoms. The molecular weight excluding hydrogens is 826 g/mol. The number of fused-ring (bicyclic) bond motifs is 2. The monoisotopic (exact) mass is 854 g/mol. The van der Waals surface area contributed by atoms with Crippen molar-refractivity contribution >= 4 is 106 Å². The molecule has 10 nitrogen and oxygen atoms in total. The number of rotatable bonds is 4. The van der Waals surface area contributed by atoms with E-state index in [0.717, 1.165) is 19.7 Å². The Morgan fingerprint density at radius 1 is 0.523 bits per heavy atom. The number of benzene rings is 2. The molecule has 0 spiro atoms. The molecule has 0 radical (unpaired) electrons. The molecule has 44 heavy (non-hydrogen) atoms. The van der Waals surface area contributed by atoms with Gasteiger partial charge in [-0.05, 0) is 0 Å². The summed E-state index contributed by atoms with van der Waals surface area (Å²) in [5.74, 6) is -0.563. The van der Waals surface area contributed by atoms with Crippen molar-refractivity contribution in [2.45, 2.75) is 0 Å². The fourth-order valence-corrected chi connectivity index (χ4v) is 11.5. The average Bonchev–Trinajstić information content (AvgIpc) is 3.58. The van der Waals surface area contributed by atoms with Gasteiger partial charge in [0.2, 0.25) is 0 Å². The molecule has 0 aliphatic carbocycles. The quantitative estimate of drug-likeness (QED) is 0.287. The SMILES string of the molecule is CN(C)C(=O)c1[se]c(C(=O)N(C)C)c2c(Br)ccc(Br)c12.CN(C)C(=O)c1[se]c(C(=O)N(C)C)c2c(C#N)ccc(C#N)c12. The number of amides is 4. The number of halogens is 2. The van der Waals surface area contributed by atoms with E-state index in [0.29, 0.717) is 39.6 Å². The van der Waals surface area contributed by atoms with E-state index in [4.69, 9.17) is 0 Å². The molecule has 2 heterocycles. The molecule has 0 saturated heterocycles. The van der Waals surface area contributed by atoms with Crippen LogP contribution in [-0.4, -0.2) is 129 Å². The first-order chi connectivity index (χ1) is 20.6. The average molecular weight is 854 g/mol. The number of hydrogen-bond donors (Lipinski definition) is 0. The number of nitriles is 2. The number of carbonyl (C=O) groups excluding carboxylic acids is 4. The van der Waals surface area contributed by atoms with Crippen molar-refractivity contribution in [3.05, 3.63) is 62.1 Å². The van der Waals surface area contributed by atoms with Crippen LogP contribution < -0.4 is 0 Å². The predicted octanol–water partition coefficient (Wildman–Crippen LogP) is 3.87. The van der Waals surface area contributed by atoms with Crippen molar-refractivity contribution in [2.24, 2.45) is 0 Å². The minimum atomic E-state index is -0.552. The minimum absolute atomic E-state index is 0.0448. The molecule has 0 N–H and O–H groups in total. The van der Waals surface area contributed by atoms with Gasteiger partial charge in [-0.2, -0.15) is 0 Å². The molecule has 0 aliphatic rings. The van der Waals surface area contributed by atoms with Crippen LogP contribution in [0.3, 0.4) is 0 Å². The van der Waals surface area contributed by atoms with E-state index in [1.807, 2.05) is 12.1 Å². The van der Waals surface area contributed by atoms with Crippen molar-refractivity contribution in [3.63, 3.8) is 0 Å². The van der Waals surface area contributed by atoms with Crippen molar-refractivity contribution < 1.29 is 19.2 Å². The van der Waals surface area contributed by atoms with E-state index in [9.17, 15) is 29.7 Å². The third-order valence-electron chi connectivity index (χ3n) is 6.27. The summed E-state index contributed by atoms with van der Waals surface area (Å²) < 4.78 is 3.98. The Balaban J connectivity index is 0.000000241. The van der Waals surface area contributed by atoms with E-state index in [1.165, 1.54) is 21.9 Å². The van der Waals surface area contributed by atoms with Gasteiger partial charge < -0.3 is 0 Å². The Kier molecular flexibility index (Phi) is 11.4. The Hall–Kier alpha value is -3.22. The molecule has 4 aromatic rings. The molecule has 4 rings (SSSR count). The zero-order valence-electron chi connectivity index (χ0n) is 25.2. The number of nitrogens with zero attached hydrogens (tertiary/aromatic N) is 6. The maximum absolute atomic E-state index is 12.5. The third kappa shape index (κ3) is 6.72. The number of carbonyl (C=O) groups is 4. The van der Waals surface area contributed by atoms with E-state index in [2.05, 4.69) is 44.0 Å². The molecule has 2 aromatic carbocycles. The summed E-state index contributed by atoms with van der Waals surface area (Å²) in [6.45, 7) is 0. The van der Waals surface area contributed by atoms with Crippen LogP contribution in [0.1, 0.15) is 48.1 Å². The Morgan fingerprint density at radius 3 is 1.00 bits per heavy atom. The van der Waals surface area contributed by atoms with Crippen LogP contribution >= 0.6 is 31.9 Å². The molecule has 0 saturated carbocycles. The van der Waals surface area contributed by atoms with Crippen LogP contribution in [0.2, 0.25) is 0 Å². The van der Waals surface area contributed by atoms with Crippen molar-refractivity contribution in [3.8, 4) is 12.1 Å². The van der Waals surface area contributed by atoms with Gasteiger partial charge in [-0.1, -0.05) is 0 Å². The van der Waals surface area contributed by atoms with Gasteiger partial charge in [0.15, 0.2) is 0 Å². The van der Waals surface area contributed by atoms with Crippen LogP contribution in [0.15, 0.2) is 33.2 Å². The van der Waals surface area contributed by atoms with Gasteiger partial charge in [-0.25, -0.2) is 0 Å². The molecule has 228 valence electrons. The van der Waals surface area contributed by atoms with Crippen LogP contribution in [-0.2, 0) is 0 Å². The van der Waals surface area contributed by atoms with Crippen LogP contribution in [0.5, 0.6) is 0 Å². The second kappa shape index (κ2) is 14.3. The fraction of sp³-hybridized carbons (Fsp3) is 0.267. The summed E-state index contributed by atoms with van der Waals surface area (Å²) in [5.41, 5.74) is 0.625. The molecule has 0 atom stereocenters. The maximum atomic E-state index is 12.5. The summed E-state index contributed by atoms with van der Waals surface area (Å²) in [5, 5.41) is 21.3. The first-order valence-electron chi connectivity index (χ1n) is 12.8. The summed E-state index contributed by atoms with van der Waals surface area (Å²) in [4.78, 5) is 55.8. The van der Waals surface area contributed by atoms with Gasteiger partial charge in [0, 0.05) is 0 Å². The predicted molar refractivity (Wildman–Crippen MR) is 179 cm³/mol. The third-order valence-corrected chi connectivity index (χ3v) is 12.5. The molecule has 0 unspecified atom stereocenters. The van der Waals surface area contributed by atoms with E-state index < -0.39 is 14.5 Å². The fourth-order valence-electron chi connectivity index (χ4n) is 4.08. The van der Waals surface area contributed by atoms with Gasteiger partial charge >= 0.3 is 286 Å². The van der Waals surface area contributed by atoms with Crippen molar-refractivity contribution in [1.82, 2.24) is 19.6 Å². The van der Waals surface area contributed by atoms with Crippen LogP contribution in [0.4, 0.5) is 0 Å². The normalized spacial score (nSPS) is 10.4. The second-order valence-electron chi connectivity index (χ2n) is 10.2.